The summed E-state index contributed by atoms with van der Waals surface area (Å²) in [6.07, 6.45) is 1.76. The Labute approximate surface area is 118 Å². The van der Waals surface area contributed by atoms with E-state index in [1.165, 1.54) is 10.4 Å². The van der Waals surface area contributed by atoms with Crippen LogP contribution in [0.5, 0.6) is 5.75 Å². The van der Waals surface area contributed by atoms with Gasteiger partial charge in [0.15, 0.2) is 0 Å². The van der Waals surface area contributed by atoms with E-state index in [1.54, 1.807) is 17.4 Å². The molecule has 1 aromatic heterocycles. The molecule has 19 heavy (non-hydrogen) atoms. The lowest BCUT2D eigenvalue weighted by molar-refractivity contribution is 0.357. The van der Waals surface area contributed by atoms with E-state index in [4.69, 9.17) is 4.74 Å². The fourth-order valence-electron chi connectivity index (χ4n) is 1.84. The summed E-state index contributed by atoms with van der Waals surface area (Å²) < 4.78 is 5.65. The molecule has 0 unspecified atom stereocenters. The molecule has 2 aromatic rings. The van der Waals surface area contributed by atoms with Crippen molar-refractivity contribution in [2.24, 2.45) is 0 Å². The first-order valence-corrected chi connectivity index (χ1v) is 7.27. The van der Waals surface area contributed by atoms with Crippen LogP contribution in [-0.2, 0) is 6.54 Å². The summed E-state index contributed by atoms with van der Waals surface area (Å²) in [4.78, 5) is 1.35. The summed E-state index contributed by atoms with van der Waals surface area (Å²) in [6.45, 7) is 7.19. The van der Waals surface area contributed by atoms with E-state index in [2.05, 4.69) is 42.4 Å². The Kier molecular flexibility index (Phi) is 5.19. The first kappa shape index (κ1) is 13.8. The molecule has 3 heteroatoms. The second-order valence-corrected chi connectivity index (χ2v) is 5.30. The molecule has 0 spiro atoms. The van der Waals surface area contributed by atoms with Crippen LogP contribution in [0.4, 0.5) is 0 Å². The number of benzene rings is 1. The summed E-state index contributed by atoms with van der Waals surface area (Å²) >= 11 is 1.78. The molecule has 0 aliphatic rings. The molecule has 0 saturated carbocycles. The van der Waals surface area contributed by atoms with Gasteiger partial charge >= 0.3 is 0 Å². The predicted octanol–water partition coefficient (Wildman–Crippen LogP) is 4.16. The van der Waals surface area contributed by atoms with Crippen molar-refractivity contribution in [3.8, 4) is 5.75 Å². The van der Waals surface area contributed by atoms with Gasteiger partial charge in [0.05, 0.1) is 0 Å². The van der Waals surface area contributed by atoms with Crippen LogP contribution in [0.1, 0.15) is 23.4 Å². The maximum absolute atomic E-state index is 5.65. The maximum atomic E-state index is 5.65. The molecule has 0 amide bonds. The Morgan fingerprint density at radius 3 is 2.89 bits per heavy atom. The second kappa shape index (κ2) is 7.12. The van der Waals surface area contributed by atoms with Gasteiger partial charge < -0.3 is 10.1 Å². The van der Waals surface area contributed by atoms with E-state index in [1.807, 2.05) is 18.2 Å². The Hall–Kier alpha value is -1.58. The lowest BCUT2D eigenvalue weighted by Crippen LogP contribution is -2.17. The Bertz CT molecular complexity index is 507. The number of hydrogen-bond donors (Lipinski definition) is 1. The minimum Gasteiger partial charge on any atom is -0.489 e. The zero-order valence-electron chi connectivity index (χ0n) is 11.1. The standard InChI is InChI=1S/C16H19NOS/c1-3-10-18-15-8-5-4-7-14(15)12-17-13(2)16-9-6-11-19-16/h3-9,11,13,17H,1,10,12H2,2H3/t13-/m0/s1. The van der Waals surface area contributed by atoms with E-state index in [9.17, 15) is 0 Å². The van der Waals surface area contributed by atoms with Crippen molar-refractivity contribution in [1.29, 1.82) is 0 Å². The van der Waals surface area contributed by atoms with Crippen LogP contribution >= 0.6 is 11.3 Å². The zero-order chi connectivity index (χ0) is 13.5. The molecule has 0 aliphatic carbocycles. The van der Waals surface area contributed by atoms with Gasteiger partial charge in [-0.05, 0) is 24.4 Å². The Balaban J connectivity index is 1.97. The maximum Gasteiger partial charge on any atom is 0.124 e. The van der Waals surface area contributed by atoms with Gasteiger partial charge in [-0.1, -0.05) is 36.9 Å². The Morgan fingerprint density at radius 1 is 1.32 bits per heavy atom. The number of rotatable bonds is 7. The number of nitrogens with one attached hydrogen (secondary N) is 1. The number of thiophene rings is 1. The third kappa shape index (κ3) is 3.94. The van der Waals surface area contributed by atoms with Crippen LogP contribution in [0.3, 0.4) is 0 Å². The molecule has 0 fully saturated rings. The van der Waals surface area contributed by atoms with Crippen LogP contribution in [-0.4, -0.2) is 6.61 Å². The monoisotopic (exact) mass is 273 g/mol. The molecule has 2 nitrogen and oxygen atoms in total. The molecule has 1 aromatic carbocycles. The largest absolute Gasteiger partial charge is 0.489 e. The van der Waals surface area contributed by atoms with E-state index >= 15 is 0 Å². The highest BCUT2D eigenvalue weighted by molar-refractivity contribution is 7.10. The summed E-state index contributed by atoms with van der Waals surface area (Å²) in [7, 11) is 0. The number of hydrogen-bond acceptors (Lipinski definition) is 3. The van der Waals surface area contributed by atoms with Gasteiger partial charge in [-0.15, -0.1) is 11.3 Å². The van der Waals surface area contributed by atoms with Gasteiger partial charge in [-0.25, -0.2) is 0 Å². The van der Waals surface area contributed by atoms with Gasteiger partial charge in [0, 0.05) is 23.0 Å². The number of ether oxygens (including phenoxy) is 1. The summed E-state index contributed by atoms with van der Waals surface area (Å²) in [5.41, 5.74) is 1.17. The fourth-order valence-corrected chi connectivity index (χ4v) is 2.60. The van der Waals surface area contributed by atoms with Crippen molar-refractivity contribution in [3.63, 3.8) is 0 Å². The average molecular weight is 273 g/mol. The summed E-state index contributed by atoms with van der Waals surface area (Å²) in [5, 5.41) is 5.63. The third-order valence-corrected chi connectivity index (χ3v) is 3.95. The molecule has 2 rings (SSSR count). The van der Waals surface area contributed by atoms with E-state index < -0.39 is 0 Å². The molecule has 0 saturated heterocycles. The minimum atomic E-state index is 0.354. The molecule has 0 bridgehead atoms. The highest BCUT2D eigenvalue weighted by Crippen LogP contribution is 2.21. The van der Waals surface area contributed by atoms with Crippen LogP contribution in [0.2, 0.25) is 0 Å². The van der Waals surface area contributed by atoms with Crippen molar-refractivity contribution in [2.75, 3.05) is 6.61 Å². The predicted molar refractivity (Wildman–Crippen MR) is 81.7 cm³/mol. The second-order valence-electron chi connectivity index (χ2n) is 4.33. The normalized spacial score (nSPS) is 12.1. The highest BCUT2D eigenvalue weighted by atomic mass is 32.1. The van der Waals surface area contributed by atoms with Gasteiger partial charge in [0.2, 0.25) is 0 Å². The fraction of sp³-hybridized carbons (Fsp3) is 0.250. The van der Waals surface area contributed by atoms with Gasteiger partial charge in [0.1, 0.15) is 12.4 Å². The van der Waals surface area contributed by atoms with Crippen LogP contribution in [0.15, 0.2) is 54.4 Å². The molecule has 1 heterocycles. The van der Waals surface area contributed by atoms with Crippen molar-refractivity contribution >= 4 is 11.3 Å². The van der Waals surface area contributed by atoms with E-state index in [0.29, 0.717) is 12.6 Å². The lowest BCUT2D eigenvalue weighted by atomic mass is 10.2. The quantitative estimate of drug-likeness (QED) is 0.765. The molecular weight excluding hydrogens is 254 g/mol. The van der Waals surface area contributed by atoms with E-state index in [0.717, 1.165) is 12.3 Å². The minimum absolute atomic E-state index is 0.354. The van der Waals surface area contributed by atoms with Gasteiger partial charge in [-0.3, -0.25) is 0 Å². The smallest absolute Gasteiger partial charge is 0.124 e. The highest BCUT2D eigenvalue weighted by Gasteiger charge is 2.07. The van der Waals surface area contributed by atoms with Crippen LogP contribution in [0, 0.1) is 0 Å². The van der Waals surface area contributed by atoms with Crippen molar-refractivity contribution in [3.05, 3.63) is 64.9 Å². The molecule has 0 aliphatic heterocycles. The lowest BCUT2D eigenvalue weighted by Gasteiger charge is -2.14. The number of para-hydroxylation sites is 1. The van der Waals surface area contributed by atoms with Crippen LogP contribution in [0.25, 0.3) is 0 Å². The van der Waals surface area contributed by atoms with Gasteiger partial charge in [0.25, 0.3) is 0 Å². The van der Waals surface area contributed by atoms with Crippen molar-refractivity contribution < 1.29 is 4.74 Å². The topological polar surface area (TPSA) is 21.3 Å². The molecule has 0 radical (unpaired) electrons. The third-order valence-electron chi connectivity index (χ3n) is 2.90. The molecular formula is C16H19NOS. The first-order chi connectivity index (χ1) is 9.31. The molecule has 100 valence electrons. The summed E-state index contributed by atoms with van der Waals surface area (Å²) in [6, 6.07) is 12.7. The Morgan fingerprint density at radius 2 is 2.16 bits per heavy atom. The van der Waals surface area contributed by atoms with Crippen molar-refractivity contribution in [1.82, 2.24) is 5.32 Å². The average Bonchev–Trinajstić information content (AvgIpc) is 2.97. The zero-order valence-corrected chi connectivity index (χ0v) is 12.0. The summed E-state index contributed by atoms with van der Waals surface area (Å²) in [5.74, 6) is 0.924. The first-order valence-electron chi connectivity index (χ1n) is 6.39. The molecule has 1 N–H and O–H groups in total. The molecule has 1 atom stereocenters. The van der Waals surface area contributed by atoms with Gasteiger partial charge in [-0.2, -0.15) is 0 Å². The van der Waals surface area contributed by atoms with Crippen LogP contribution < -0.4 is 10.1 Å². The SMILES string of the molecule is C=CCOc1ccccc1CN[C@@H](C)c1cccs1. The van der Waals surface area contributed by atoms with E-state index in [-0.39, 0.29) is 0 Å². The van der Waals surface area contributed by atoms with Crippen molar-refractivity contribution in [2.45, 2.75) is 19.5 Å².